The Kier molecular flexibility index (Phi) is 7.95. The van der Waals surface area contributed by atoms with E-state index in [0.29, 0.717) is 0 Å². The molecule has 0 aliphatic carbocycles. The maximum absolute atomic E-state index is 13.4. The average Bonchev–Trinajstić information content (AvgIpc) is 2.54. The fourth-order valence-corrected chi connectivity index (χ4v) is 2.76. The van der Waals surface area contributed by atoms with Crippen LogP contribution >= 0.6 is 35.7 Å². The number of benzene rings is 1. The standard InChI is InChI=1S/C13H15F3N4OS.HI/c14-8-1-2-9(12(16)11(8)15)19-10(21)7-18-13(17)20-3-5-22-6-4-20;/h1-2H,3-7H2,(H2,17,18)(H,19,21);1H. The zero-order valence-electron chi connectivity index (χ0n) is 12.0. The molecule has 2 rings (SSSR count). The van der Waals surface area contributed by atoms with Gasteiger partial charge in [-0.15, -0.1) is 24.0 Å². The lowest BCUT2D eigenvalue weighted by molar-refractivity contribution is -0.114. The molecule has 23 heavy (non-hydrogen) atoms. The van der Waals surface area contributed by atoms with Crippen molar-refractivity contribution in [2.75, 3.05) is 36.5 Å². The first-order valence-electron chi connectivity index (χ1n) is 6.55. The number of aliphatic imine (C=N–C) groups is 1. The molecule has 1 heterocycles. The van der Waals surface area contributed by atoms with E-state index in [1.54, 1.807) is 11.8 Å². The molecule has 10 heteroatoms. The maximum Gasteiger partial charge on any atom is 0.246 e. The van der Waals surface area contributed by atoms with Crippen LogP contribution in [0.15, 0.2) is 17.1 Å². The number of carbonyl (C=O) groups is 1. The Bertz CT molecular complexity index is 597. The first-order chi connectivity index (χ1) is 10.5. The molecule has 3 N–H and O–H groups in total. The molecule has 0 unspecified atom stereocenters. The van der Waals surface area contributed by atoms with Gasteiger partial charge in [-0.25, -0.2) is 18.2 Å². The molecule has 5 nitrogen and oxygen atoms in total. The number of halogens is 4. The molecule has 0 radical (unpaired) electrons. The van der Waals surface area contributed by atoms with Crippen molar-refractivity contribution >= 4 is 53.3 Å². The van der Waals surface area contributed by atoms with Gasteiger partial charge in [-0.05, 0) is 12.1 Å². The second kappa shape index (κ2) is 9.21. The largest absolute Gasteiger partial charge is 0.370 e. The minimum absolute atomic E-state index is 0. The molecule has 0 atom stereocenters. The SMILES string of the molecule is I.NC(=NCC(=O)Nc1ccc(F)c(F)c1F)N1CCSCC1. The Labute approximate surface area is 152 Å². The number of amides is 1. The van der Waals surface area contributed by atoms with Crippen molar-refractivity contribution in [3.8, 4) is 0 Å². The number of rotatable bonds is 3. The molecule has 1 aliphatic heterocycles. The summed E-state index contributed by atoms with van der Waals surface area (Å²) in [6, 6.07) is 1.68. The molecule has 1 aromatic carbocycles. The predicted octanol–water partition coefficient (Wildman–Crippen LogP) is 2.02. The molecule has 1 aromatic rings. The van der Waals surface area contributed by atoms with Gasteiger partial charge in [0.1, 0.15) is 6.54 Å². The van der Waals surface area contributed by atoms with E-state index in [-0.39, 0.29) is 36.5 Å². The second-order valence-corrected chi connectivity index (χ2v) is 5.77. The Morgan fingerprint density at radius 2 is 1.91 bits per heavy atom. The number of nitrogens with one attached hydrogen (secondary N) is 1. The molecular formula is C13H16F3IN4OS. The van der Waals surface area contributed by atoms with E-state index < -0.39 is 29.0 Å². The van der Waals surface area contributed by atoms with Gasteiger partial charge in [0.15, 0.2) is 23.4 Å². The van der Waals surface area contributed by atoms with Crippen molar-refractivity contribution in [2.45, 2.75) is 0 Å². The van der Waals surface area contributed by atoms with Crippen LogP contribution in [0.3, 0.4) is 0 Å². The van der Waals surface area contributed by atoms with Crippen molar-refractivity contribution in [3.05, 3.63) is 29.6 Å². The summed E-state index contributed by atoms with van der Waals surface area (Å²) in [5.41, 5.74) is 5.33. The van der Waals surface area contributed by atoms with Gasteiger partial charge in [0.25, 0.3) is 0 Å². The normalized spacial score (nSPS) is 15.1. The molecular weight excluding hydrogens is 444 g/mol. The van der Waals surface area contributed by atoms with Gasteiger partial charge in [-0.2, -0.15) is 11.8 Å². The lowest BCUT2D eigenvalue weighted by Gasteiger charge is -2.27. The minimum atomic E-state index is -1.63. The third kappa shape index (κ3) is 5.44. The number of thioether (sulfide) groups is 1. The number of carbonyl (C=O) groups excluding carboxylic acids is 1. The molecule has 1 aliphatic rings. The third-order valence-corrected chi connectivity index (χ3v) is 3.97. The van der Waals surface area contributed by atoms with Crippen molar-refractivity contribution in [1.29, 1.82) is 0 Å². The summed E-state index contributed by atoms with van der Waals surface area (Å²) in [6.07, 6.45) is 0. The van der Waals surface area contributed by atoms with Crippen LogP contribution in [0.4, 0.5) is 18.9 Å². The summed E-state index contributed by atoms with van der Waals surface area (Å²) in [7, 11) is 0. The van der Waals surface area contributed by atoms with E-state index in [1.165, 1.54) is 0 Å². The number of hydrogen-bond acceptors (Lipinski definition) is 3. The van der Waals surface area contributed by atoms with E-state index in [2.05, 4.69) is 10.3 Å². The first kappa shape index (κ1) is 19.9. The van der Waals surface area contributed by atoms with E-state index in [9.17, 15) is 18.0 Å². The average molecular weight is 460 g/mol. The van der Waals surface area contributed by atoms with Crippen LogP contribution in [-0.2, 0) is 4.79 Å². The zero-order chi connectivity index (χ0) is 16.1. The van der Waals surface area contributed by atoms with Gasteiger partial charge in [-0.3, -0.25) is 4.79 Å². The predicted molar refractivity (Wildman–Crippen MR) is 95.7 cm³/mol. The summed E-state index contributed by atoms with van der Waals surface area (Å²) in [6.45, 7) is 1.17. The van der Waals surface area contributed by atoms with Crippen LogP contribution in [-0.4, -0.2) is 47.9 Å². The van der Waals surface area contributed by atoms with Gasteiger partial charge in [0.2, 0.25) is 5.91 Å². The van der Waals surface area contributed by atoms with E-state index in [1.807, 2.05) is 4.90 Å². The highest BCUT2D eigenvalue weighted by Crippen LogP contribution is 2.19. The van der Waals surface area contributed by atoms with Crippen molar-refractivity contribution in [1.82, 2.24) is 4.90 Å². The third-order valence-electron chi connectivity index (χ3n) is 3.03. The molecule has 0 spiro atoms. The minimum Gasteiger partial charge on any atom is -0.370 e. The van der Waals surface area contributed by atoms with Gasteiger partial charge in [0.05, 0.1) is 5.69 Å². The molecule has 1 fully saturated rings. The Balaban J connectivity index is 0.00000264. The van der Waals surface area contributed by atoms with E-state index in [0.717, 1.165) is 36.7 Å². The maximum atomic E-state index is 13.4. The molecule has 1 saturated heterocycles. The fraction of sp³-hybridized carbons (Fsp3) is 0.385. The summed E-state index contributed by atoms with van der Waals surface area (Å²) in [4.78, 5) is 17.4. The van der Waals surface area contributed by atoms with Crippen LogP contribution in [0.25, 0.3) is 0 Å². The lowest BCUT2D eigenvalue weighted by atomic mass is 10.3. The number of nitrogens with zero attached hydrogens (tertiary/aromatic N) is 2. The highest BCUT2D eigenvalue weighted by molar-refractivity contribution is 14.0. The number of guanidine groups is 1. The highest BCUT2D eigenvalue weighted by Gasteiger charge is 2.16. The summed E-state index contributed by atoms with van der Waals surface area (Å²) < 4.78 is 39.2. The summed E-state index contributed by atoms with van der Waals surface area (Å²) >= 11 is 1.81. The van der Waals surface area contributed by atoms with Gasteiger partial charge < -0.3 is 16.0 Å². The first-order valence-corrected chi connectivity index (χ1v) is 7.70. The monoisotopic (exact) mass is 460 g/mol. The highest BCUT2D eigenvalue weighted by atomic mass is 127. The van der Waals surface area contributed by atoms with E-state index >= 15 is 0 Å². The Morgan fingerprint density at radius 3 is 2.57 bits per heavy atom. The fourth-order valence-electron chi connectivity index (χ4n) is 1.86. The lowest BCUT2D eigenvalue weighted by Crippen LogP contribution is -2.43. The molecule has 128 valence electrons. The van der Waals surface area contributed by atoms with Crippen LogP contribution in [0.1, 0.15) is 0 Å². The summed E-state index contributed by atoms with van der Waals surface area (Å²) in [5.74, 6) is -2.96. The van der Waals surface area contributed by atoms with Crippen LogP contribution in [0.2, 0.25) is 0 Å². The quantitative estimate of drug-likeness (QED) is 0.314. The Morgan fingerprint density at radius 1 is 1.26 bits per heavy atom. The van der Waals surface area contributed by atoms with Gasteiger partial charge in [-0.1, -0.05) is 0 Å². The molecule has 0 bridgehead atoms. The molecule has 1 amide bonds. The second-order valence-electron chi connectivity index (χ2n) is 4.54. The molecule has 0 aromatic heterocycles. The number of nitrogens with two attached hydrogens (primary N) is 1. The number of anilines is 1. The zero-order valence-corrected chi connectivity index (χ0v) is 15.2. The van der Waals surface area contributed by atoms with Gasteiger partial charge >= 0.3 is 0 Å². The smallest absolute Gasteiger partial charge is 0.246 e. The number of hydrogen-bond donors (Lipinski definition) is 2. The van der Waals surface area contributed by atoms with Gasteiger partial charge in [0, 0.05) is 24.6 Å². The molecule has 0 saturated carbocycles. The summed E-state index contributed by atoms with van der Waals surface area (Å²) in [5, 5.41) is 2.13. The van der Waals surface area contributed by atoms with Crippen molar-refractivity contribution < 1.29 is 18.0 Å². The Hall–Kier alpha value is -1.17. The van der Waals surface area contributed by atoms with Crippen LogP contribution in [0.5, 0.6) is 0 Å². The van der Waals surface area contributed by atoms with Crippen LogP contribution < -0.4 is 11.1 Å². The van der Waals surface area contributed by atoms with Crippen molar-refractivity contribution in [2.24, 2.45) is 10.7 Å². The topological polar surface area (TPSA) is 70.7 Å². The van der Waals surface area contributed by atoms with Crippen LogP contribution in [0, 0.1) is 17.5 Å². The van der Waals surface area contributed by atoms with E-state index in [4.69, 9.17) is 5.73 Å². The van der Waals surface area contributed by atoms with Crippen molar-refractivity contribution in [3.63, 3.8) is 0 Å².